The van der Waals surface area contributed by atoms with Gasteiger partial charge in [0.25, 0.3) is 0 Å². The van der Waals surface area contributed by atoms with Gasteiger partial charge in [-0.25, -0.2) is 0 Å². The Labute approximate surface area is 104 Å². The summed E-state index contributed by atoms with van der Waals surface area (Å²) >= 11 is 0. The van der Waals surface area contributed by atoms with Crippen molar-refractivity contribution in [2.45, 2.75) is 6.92 Å². The smallest absolute Gasteiger partial charge is 0.201 e. The molecule has 0 fully saturated rings. The highest BCUT2D eigenvalue weighted by atomic mass is 16.5. The highest BCUT2D eigenvalue weighted by Gasteiger charge is 2.19. The van der Waals surface area contributed by atoms with E-state index < -0.39 is 0 Å². The summed E-state index contributed by atoms with van der Waals surface area (Å²) in [5.74, 6) is 1.39. The van der Waals surface area contributed by atoms with Gasteiger partial charge in [-0.1, -0.05) is 5.16 Å². The van der Waals surface area contributed by atoms with Gasteiger partial charge in [0.1, 0.15) is 17.3 Å². The fourth-order valence-corrected chi connectivity index (χ4v) is 1.65. The van der Waals surface area contributed by atoms with Crippen LogP contribution < -0.4 is 9.47 Å². The molecule has 0 unspecified atom stereocenters. The lowest BCUT2D eigenvalue weighted by Crippen LogP contribution is -2.04. The molecule has 0 aliphatic rings. The molecule has 18 heavy (non-hydrogen) atoms. The number of aromatic nitrogens is 1. The molecule has 0 aliphatic carbocycles. The highest BCUT2D eigenvalue weighted by molar-refractivity contribution is 6.11. The Balaban J connectivity index is 2.45. The van der Waals surface area contributed by atoms with Gasteiger partial charge < -0.3 is 14.0 Å². The first-order chi connectivity index (χ1) is 8.67. The maximum absolute atomic E-state index is 12.3. The SMILES string of the molecule is COc1ccc(C(=O)c2cnoc2C)c(OC)c1. The minimum Gasteiger partial charge on any atom is -0.497 e. The Hall–Kier alpha value is -2.30. The Kier molecular flexibility index (Phi) is 3.32. The molecule has 0 saturated heterocycles. The Morgan fingerprint density at radius 3 is 2.56 bits per heavy atom. The number of carbonyl (C=O) groups excluding carboxylic acids is 1. The molecular formula is C13H13NO4. The third-order valence-corrected chi connectivity index (χ3v) is 2.65. The lowest BCUT2D eigenvalue weighted by molar-refractivity contribution is 0.103. The number of benzene rings is 1. The van der Waals surface area contributed by atoms with Crippen molar-refractivity contribution in [3.63, 3.8) is 0 Å². The summed E-state index contributed by atoms with van der Waals surface area (Å²) in [4.78, 5) is 12.3. The van der Waals surface area contributed by atoms with E-state index in [4.69, 9.17) is 14.0 Å². The molecule has 0 radical (unpaired) electrons. The predicted molar refractivity (Wildman–Crippen MR) is 64.2 cm³/mol. The third-order valence-electron chi connectivity index (χ3n) is 2.65. The number of methoxy groups -OCH3 is 2. The van der Waals surface area contributed by atoms with Crippen LogP contribution in [-0.4, -0.2) is 25.2 Å². The first kappa shape index (κ1) is 12.2. The van der Waals surface area contributed by atoms with Crippen LogP contribution in [0.1, 0.15) is 21.7 Å². The maximum atomic E-state index is 12.3. The van der Waals surface area contributed by atoms with E-state index >= 15 is 0 Å². The standard InChI is InChI=1S/C13H13NO4/c1-8-11(7-14-18-8)13(15)10-5-4-9(16-2)6-12(10)17-3/h4-7H,1-3H3. The van der Waals surface area contributed by atoms with Crippen molar-refractivity contribution < 1.29 is 18.8 Å². The van der Waals surface area contributed by atoms with Crippen LogP contribution in [0.25, 0.3) is 0 Å². The van der Waals surface area contributed by atoms with Crippen molar-refractivity contribution in [3.05, 3.63) is 41.3 Å². The van der Waals surface area contributed by atoms with E-state index in [0.29, 0.717) is 28.4 Å². The van der Waals surface area contributed by atoms with Crippen molar-refractivity contribution in [1.82, 2.24) is 5.16 Å². The summed E-state index contributed by atoms with van der Waals surface area (Å²) in [7, 11) is 3.06. The van der Waals surface area contributed by atoms with E-state index in [9.17, 15) is 4.79 Å². The van der Waals surface area contributed by atoms with Crippen LogP contribution in [0.3, 0.4) is 0 Å². The van der Waals surface area contributed by atoms with Crippen molar-refractivity contribution in [2.24, 2.45) is 0 Å². The first-order valence-electron chi connectivity index (χ1n) is 5.35. The molecule has 94 valence electrons. The molecule has 0 amide bonds. The zero-order valence-electron chi connectivity index (χ0n) is 10.4. The summed E-state index contributed by atoms with van der Waals surface area (Å²) in [6.07, 6.45) is 1.40. The molecule has 5 heteroatoms. The van der Waals surface area contributed by atoms with E-state index in [1.807, 2.05) is 0 Å². The lowest BCUT2D eigenvalue weighted by atomic mass is 10.0. The molecule has 0 N–H and O–H groups in total. The summed E-state index contributed by atoms with van der Waals surface area (Å²) in [6.45, 7) is 1.69. The number of aryl methyl sites for hydroxylation is 1. The second-order valence-electron chi connectivity index (χ2n) is 3.69. The molecule has 0 bridgehead atoms. The molecule has 2 aromatic rings. The van der Waals surface area contributed by atoms with Crippen LogP contribution in [0.2, 0.25) is 0 Å². The second kappa shape index (κ2) is 4.91. The fourth-order valence-electron chi connectivity index (χ4n) is 1.65. The zero-order chi connectivity index (χ0) is 13.1. The summed E-state index contributed by atoms with van der Waals surface area (Å²) in [5, 5.41) is 3.60. The van der Waals surface area contributed by atoms with Gasteiger partial charge in [-0.2, -0.15) is 0 Å². The van der Waals surface area contributed by atoms with Crippen LogP contribution in [0.4, 0.5) is 0 Å². The van der Waals surface area contributed by atoms with Crippen LogP contribution in [-0.2, 0) is 0 Å². The molecule has 2 rings (SSSR count). The number of rotatable bonds is 4. The van der Waals surface area contributed by atoms with Crippen LogP contribution >= 0.6 is 0 Å². The highest BCUT2D eigenvalue weighted by Crippen LogP contribution is 2.27. The van der Waals surface area contributed by atoms with Crippen molar-refractivity contribution in [3.8, 4) is 11.5 Å². The van der Waals surface area contributed by atoms with Crippen molar-refractivity contribution >= 4 is 5.78 Å². The molecule has 1 heterocycles. The van der Waals surface area contributed by atoms with E-state index in [1.165, 1.54) is 13.3 Å². The number of hydrogen-bond donors (Lipinski definition) is 0. The average molecular weight is 247 g/mol. The quantitative estimate of drug-likeness (QED) is 0.775. The molecule has 0 saturated carbocycles. The van der Waals surface area contributed by atoms with Crippen molar-refractivity contribution in [2.75, 3.05) is 14.2 Å². The molecule has 1 aromatic heterocycles. The van der Waals surface area contributed by atoms with Crippen molar-refractivity contribution in [1.29, 1.82) is 0 Å². The molecule has 5 nitrogen and oxygen atoms in total. The molecule has 0 spiro atoms. The van der Waals surface area contributed by atoms with Crippen LogP contribution in [0.15, 0.2) is 28.9 Å². The minimum absolute atomic E-state index is 0.187. The largest absolute Gasteiger partial charge is 0.497 e. The number of nitrogens with zero attached hydrogens (tertiary/aromatic N) is 1. The molecule has 1 aromatic carbocycles. The number of carbonyl (C=O) groups is 1. The van der Waals surface area contributed by atoms with Crippen LogP contribution in [0.5, 0.6) is 11.5 Å². The zero-order valence-corrected chi connectivity index (χ0v) is 10.4. The fraction of sp³-hybridized carbons (Fsp3) is 0.231. The monoisotopic (exact) mass is 247 g/mol. The molecular weight excluding hydrogens is 234 g/mol. The Morgan fingerprint density at radius 2 is 2.00 bits per heavy atom. The first-order valence-corrected chi connectivity index (χ1v) is 5.35. The molecule has 0 atom stereocenters. The number of hydrogen-bond acceptors (Lipinski definition) is 5. The van der Waals surface area contributed by atoms with E-state index in [1.54, 1.807) is 32.2 Å². The van der Waals surface area contributed by atoms with E-state index in [2.05, 4.69) is 5.16 Å². The predicted octanol–water partition coefficient (Wildman–Crippen LogP) is 2.23. The second-order valence-corrected chi connectivity index (χ2v) is 3.69. The minimum atomic E-state index is -0.187. The van der Waals surface area contributed by atoms with E-state index in [-0.39, 0.29) is 5.78 Å². The number of ketones is 1. The summed E-state index contributed by atoms with van der Waals surface area (Å²) in [6, 6.07) is 5.03. The topological polar surface area (TPSA) is 61.6 Å². The Morgan fingerprint density at radius 1 is 1.22 bits per heavy atom. The van der Waals surface area contributed by atoms with Gasteiger partial charge in [0.2, 0.25) is 5.78 Å². The summed E-state index contributed by atoms with van der Waals surface area (Å²) in [5.41, 5.74) is 0.878. The normalized spacial score (nSPS) is 10.2. The Bertz CT molecular complexity index is 574. The van der Waals surface area contributed by atoms with E-state index in [0.717, 1.165) is 0 Å². The lowest BCUT2D eigenvalue weighted by Gasteiger charge is -2.08. The van der Waals surface area contributed by atoms with Crippen LogP contribution in [0, 0.1) is 6.92 Å². The third kappa shape index (κ3) is 2.07. The van der Waals surface area contributed by atoms with Gasteiger partial charge in [-0.05, 0) is 19.1 Å². The van der Waals surface area contributed by atoms with Gasteiger partial charge >= 0.3 is 0 Å². The molecule has 0 aliphatic heterocycles. The van der Waals surface area contributed by atoms with Gasteiger partial charge in [0.05, 0.1) is 31.5 Å². The maximum Gasteiger partial charge on any atom is 0.201 e. The average Bonchev–Trinajstić information content (AvgIpc) is 2.83. The number of ether oxygens (including phenoxy) is 2. The summed E-state index contributed by atoms with van der Waals surface area (Å²) < 4.78 is 15.2. The van der Waals surface area contributed by atoms with Gasteiger partial charge in [-0.15, -0.1) is 0 Å². The van der Waals surface area contributed by atoms with Gasteiger partial charge in [0.15, 0.2) is 0 Å². The van der Waals surface area contributed by atoms with Gasteiger partial charge in [-0.3, -0.25) is 4.79 Å². The van der Waals surface area contributed by atoms with Gasteiger partial charge in [0, 0.05) is 6.07 Å².